The van der Waals surface area contributed by atoms with Gasteiger partial charge >= 0.3 is 5.97 Å². The molecule has 0 aliphatic heterocycles. The van der Waals surface area contributed by atoms with Crippen molar-refractivity contribution in [3.63, 3.8) is 0 Å². The van der Waals surface area contributed by atoms with Gasteiger partial charge in [0.2, 0.25) is 0 Å². The number of carboxylic acid groups (broad SMARTS) is 1. The molecular weight excluding hydrogens is 224 g/mol. The van der Waals surface area contributed by atoms with Crippen LogP contribution in [0.25, 0.3) is 0 Å². The highest BCUT2D eigenvalue weighted by atomic mass is 32.2. The van der Waals surface area contributed by atoms with Gasteiger partial charge in [-0.25, -0.2) is 4.79 Å². The van der Waals surface area contributed by atoms with Gasteiger partial charge < -0.3 is 5.11 Å². The molecule has 0 aromatic heterocycles. The molecule has 0 heterocycles. The van der Waals surface area contributed by atoms with Crippen LogP contribution >= 0.6 is 0 Å². The second kappa shape index (κ2) is 4.78. The quantitative estimate of drug-likeness (QED) is 0.883. The second-order valence-corrected chi connectivity index (χ2v) is 5.39. The van der Waals surface area contributed by atoms with Crippen LogP contribution in [0.3, 0.4) is 0 Å². The Morgan fingerprint density at radius 2 is 1.94 bits per heavy atom. The van der Waals surface area contributed by atoms with E-state index in [1.54, 1.807) is 25.3 Å². The van der Waals surface area contributed by atoms with Crippen molar-refractivity contribution in [2.45, 2.75) is 31.6 Å². The molecule has 0 spiro atoms. The summed E-state index contributed by atoms with van der Waals surface area (Å²) in [5, 5.41) is 9.00. The zero-order chi connectivity index (χ0) is 12.5. The first-order chi connectivity index (χ1) is 7.36. The van der Waals surface area contributed by atoms with Crippen molar-refractivity contribution < 1.29 is 14.1 Å². The van der Waals surface area contributed by atoms with Gasteiger partial charge in [0.25, 0.3) is 0 Å². The highest BCUT2D eigenvalue weighted by Crippen LogP contribution is 2.27. The zero-order valence-electron chi connectivity index (χ0n) is 9.90. The van der Waals surface area contributed by atoms with Crippen molar-refractivity contribution in [2.75, 3.05) is 6.26 Å². The summed E-state index contributed by atoms with van der Waals surface area (Å²) >= 11 is 0. The maximum absolute atomic E-state index is 11.7. The fraction of sp³-hybridized carbons (Fsp3) is 0.417. The number of aromatic carboxylic acids is 1. The number of carboxylic acids is 1. The van der Waals surface area contributed by atoms with Crippen molar-refractivity contribution in [2.24, 2.45) is 0 Å². The molecule has 1 N–H and O–H groups in total. The largest absolute Gasteiger partial charge is 0.478 e. The third kappa shape index (κ3) is 2.32. The summed E-state index contributed by atoms with van der Waals surface area (Å²) in [4.78, 5) is 11.6. The van der Waals surface area contributed by atoms with Crippen LogP contribution in [-0.4, -0.2) is 21.5 Å². The van der Waals surface area contributed by atoms with Gasteiger partial charge in [-0.3, -0.25) is 4.21 Å². The molecule has 0 aliphatic rings. The molecule has 1 aromatic rings. The SMILES string of the molecule is Cc1c(C(=O)O)ccc(C(C)C)c1[S@@](C)=O. The molecule has 4 heteroatoms. The average Bonchev–Trinajstić information content (AvgIpc) is 2.15. The van der Waals surface area contributed by atoms with E-state index in [9.17, 15) is 9.00 Å². The first-order valence-corrected chi connectivity index (χ1v) is 6.62. The molecule has 3 nitrogen and oxygen atoms in total. The van der Waals surface area contributed by atoms with Crippen molar-refractivity contribution >= 4 is 16.8 Å². The molecule has 0 bridgehead atoms. The Kier molecular flexibility index (Phi) is 3.86. The molecule has 1 aromatic carbocycles. The molecular formula is C12H16O3S. The third-order valence-corrected chi connectivity index (χ3v) is 3.69. The zero-order valence-corrected chi connectivity index (χ0v) is 10.7. The lowest BCUT2D eigenvalue weighted by atomic mass is 9.98. The van der Waals surface area contributed by atoms with Crippen LogP contribution in [0.15, 0.2) is 17.0 Å². The lowest BCUT2D eigenvalue weighted by molar-refractivity contribution is 0.0695. The molecule has 16 heavy (non-hydrogen) atoms. The summed E-state index contributed by atoms with van der Waals surface area (Å²) in [6, 6.07) is 3.35. The molecule has 0 aliphatic carbocycles. The summed E-state index contributed by atoms with van der Waals surface area (Å²) in [6.07, 6.45) is 1.58. The molecule has 1 atom stereocenters. The number of carbonyl (C=O) groups is 1. The summed E-state index contributed by atoms with van der Waals surface area (Å²) in [5.74, 6) is -0.736. The number of benzene rings is 1. The number of hydrogen-bond acceptors (Lipinski definition) is 2. The smallest absolute Gasteiger partial charge is 0.335 e. The Morgan fingerprint density at radius 1 is 1.38 bits per heavy atom. The average molecular weight is 240 g/mol. The monoisotopic (exact) mass is 240 g/mol. The Labute approximate surface area is 98.0 Å². The van der Waals surface area contributed by atoms with E-state index >= 15 is 0 Å². The van der Waals surface area contributed by atoms with Gasteiger partial charge in [-0.15, -0.1) is 0 Å². The van der Waals surface area contributed by atoms with E-state index in [2.05, 4.69) is 0 Å². The Bertz CT molecular complexity index is 450. The highest BCUT2D eigenvalue weighted by Gasteiger charge is 2.18. The van der Waals surface area contributed by atoms with E-state index in [-0.39, 0.29) is 11.5 Å². The standard InChI is InChI=1S/C12H16O3S/c1-7(2)9-5-6-10(12(13)14)8(3)11(9)16(4)15/h5-7H,1-4H3,(H,13,14)/t16-/m1/s1. The first kappa shape index (κ1) is 12.9. The van der Waals surface area contributed by atoms with Crippen molar-refractivity contribution in [1.29, 1.82) is 0 Å². The maximum Gasteiger partial charge on any atom is 0.335 e. The summed E-state index contributed by atoms with van der Waals surface area (Å²) < 4.78 is 11.7. The van der Waals surface area contributed by atoms with Gasteiger partial charge in [0.1, 0.15) is 0 Å². The first-order valence-electron chi connectivity index (χ1n) is 5.06. The number of hydrogen-bond donors (Lipinski definition) is 1. The number of rotatable bonds is 3. The molecule has 0 fully saturated rings. The fourth-order valence-corrected chi connectivity index (χ4v) is 2.96. The minimum absolute atomic E-state index is 0.231. The topological polar surface area (TPSA) is 54.4 Å². The van der Waals surface area contributed by atoms with Gasteiger partial charge in [0.15, 0.2) is 0 Å². The molecule has 0 saturated heterocycles. The minimum atomic E-state index is -1.16. The van der Waals surface area contributed by atoms with Gasteiger partial charge in [-0.1, -0.05) is 19.9 Å². The Balaban J connectivity index is 3.54. The van der Waals surface area contributed by atoms with Gasteiger partial charge in [-0.2, -0.15) is 0 Å². The summed E-state index contributed by atoms with van der Waals surface area (Å²) in [5.41, 5.74) is 1.80. The minimum Gasteiger partial charge on any atom is -0.478 e. The van der Waals surface area contributed by atoms with Crippen LogP contribution in [0.2, 0.25) is 0 Å². The maximum atomic E-state index is 11.7. The van der Waals surface area contributed by atoms with Crippen molar-refractivity contribution in [3.05, 3.63) is 28.8 Å². The predicted molar refractivity (Wildman–Crippen MR) is 64.6 cm³/mol. The fourth-order valence-electron chi connectivity index (χ4n) is 1.78. The van der Waals surface area contributed by atoms with E-state index in [1.807, 2.05) is 13.8 Å². The molecule has 0 radical (unpaired) electrons. The van der Waals surface area contributed by atoms with E-state index in [0.29, 0.717) is 10.5 Å². The lowest BCUT2D eigenvalue weighted by Gasteiger charge is -2.15. The van der Waals surface area contributed by atoms with Crippen LogP contribution in [0.4, 0.5) is 0 Å². The van der Waals surface area contributed by atoms with Gasteiger partial charge in [0.05, 0.1) is 16.4 Å². The second-order valence-electron chi connectivity index (χ2n) is 4.07. The van der Waals surface area contributed by atoms with Crippen LogP contribution in [-0.2, 0) is 10.8 Å². The molecule has 0 saturated carbocycles. The molecule has 0 amide bonds. The summed E-state index contributed by atoms with van der Waals surface area (Å²) in [6.45, 7) is 5.73. The van der Waals surface area contributed by atoms with Crippen molar-refractivity contribution in [1.82, 2.24) is 0 Å². The van der Waals surface area contributed by atoms with Gasteiger partial charge in [-0.05, 0) is 30.0 Å². The third-order valence-electron chi connectivity index (χ3n) is 2.58. The highest BCUT2D eigenvalue weighted by molar-refractivity contribution is 7.84. The predicted octanol–water partition coefficient (Wildman–Crippen LogP) is 2.55. The van der Waals surface area contributed by atoms with Crippen LogP contribution in [0.1, 0.15) is 41.3 Å². The molecule has 0 unspecified atom stereocenters. The van der Waals surface area contributed by atoms with Crippen molar-refractivity contribution in [3.8, 4) is 0 Å². The van der Waals surface area contributed by atoms with E-state index in [4.69, 9.17) is 5.11 Å². The molecule has 1 rings (SSSR count). The van der Waals surface area contributed by atoms with Crippen LogP contribution in [0.5, 0.6) is 0 Å². The van der Waals surface area contributed by atoms with Crippen LogP contribution < -0.4 is 0 Å². The normalized spacial score (nSPS) is 12.8. The van der Waals surface area contributed by atoms with E-state index < -0.39 is 16.8 Å². The lowest BCUT2D eigenvalue weighted by Crippen LogP contribution is -2.07. The van der Waals surface area contributed by atoms with E-state index in [0.717, 1.165) is 5.56 Å². The van der Waals surface area contributed by atoms with Gasteiger partial charge in [0, 0.05) is 11.2 Å². The summed E-state index contributed by atoms with van der Waals surface area (Å²) in [7, 11) is -1.16. The Hall–Kier alpha value is -1.16. The van der Waals surface area contributed by atoms with E-state index in [1.165, 1.54) is 0 Å². The van der Waals surface area contributed by atoms with Crippen LogP contribution in [0, 0.1) is 6.92 Å². The Morgan fingerprint density at radius 3 is 2.31 bits per heavy atom. The molecule has 88 valence electrons.